The number of aromatic amines is 1. The Morgan fingerprint density at radius 1 is 1.21 bits per heavy atom. The first-order valence-corrected chi connectivity index (χ1v) is 14.8. The average molecular weight is 606 g/mol. The van der Waals surface area contributed by atoms with Crippen molar-refractivity contribution in [2.75, 3.05) is 7.11 Å². The van der Waals surface area contributed by atoms with E-state index < -0.39 is 18.3 Å². The number of aromatic nitrogens is 2. The lowest BCUT2D eigenvalue weighted by atomic mass is 9.80. The number of nitrogens with one attached hydrogen (secondary N) is 1. The molecule has 228 valence electrons. The molecule has 3 unspecified atom stereocenters. The SMILES string of the molecule is CC=C(C(=NC(C)C(C)CC1CCC(O)CC1)OC)c1cnc2[nH]cc(C(C)c3c(OC(F)F)ccc(F)c3Cl)c2c1. The van der Waals surface area contributed by atoms with Crippen LogP contribution >= 0.6 is 11.6 Å². The molecule has 2 aromatic heterocycles. The number of fused-ring (bicyclic) bond motifs is 1. The number of hydrogen-bond donors (Lipinski definition) is 2. The van der Waals surface area contributed by atoms with Gasteiger partial charge in [-0.25, -0.2) is 14.4 Å². The van der Waals surface area contributed by atoms with Gasteiger partial charge in [-0.3, -0.25) is 0 Å². The van der Waals surface area contributed by atoms with E-state index in [4.69, 9.17) is 21.3 Å². The number of pyridine rings is 1. The maximum atomic E-state index is 14.4. The second-order valence-corrected chi connectivity index (χ2v) is 11.6. The van der Waals surface area contributed by atoms with Gasteiger partial charge in [0.25, 0.3) is 0 Å². The number of halogens is 4. The summed E-state index contributed by atoms with van der Waals surface area (Å²) in [7, 11) is 1.59. The van der Waals surface area contributed by atoms with E-state index in [-0.39, 0.29) is 28.5 Å². The molecule has 1 aliphatic carbocycles. The van der Waals surface area contributed by atoms with E-state index in [2.05, 4.69) is 28.6 Å². The van der Waals surface area contributed by atoms with Crippen molar-refractivity contribution in [3.8, 4) is 5.75 Å². The van der Waals surface area contributed by atoms with Crippen LogP contribution in [-0.4, -0.2) is 46.8 Å². The van der Waals surface area contributed by atoms with Crippen molar-refractivity contribution in [2.45, 2.75) is 84.5 Å². The zero-order valence-corrected chi connectivity index (χ0v) is 25.4. The molecule has 2 N–H and O–H groups in total. The minimum Gasteiger partial charge on any atom is -0.481 e. The van der Waals surface area contributed by atoms with Gasteiger partial charge in [-0.2, -0.15) is 8.78 Å². The molecule has 10 heteroatoms. The largest absolute Gasteiger partial charge is 0.481 e. The first-order valence-electron chi connectivity index (χ1n) is 14.4. The van der Waals surface area contributed by atoms with Crippen molar-refractivity contribution in [2.24, 2.45) is 16.8 Å². The highest BCUT2D eigenvalue weighted by atomic mass is 35.5. The predicted molar refractivity (Wildman–Crippen MR) is 161 cm³/mol. The third kappa shape index (κ3) is 7.11. The number of rotatable bonds is 10. The molecule has 1 fully saturated rings. The Kier molecular flexibility index (Phi) is 10.6. The molecule has 0 amide bonds. The quantitative estimate of drug-likeness (QED) is 0.179. The van der Waals surface area contributed by atoms with Gasteiger partial charge in [0.1, 0.15) is 17.2 Å². The van der Waals surface area contributed by atoms with E-state index in [1.165, 1.54) is 0 Å². The number of alkyl halides is 2. The molecule has 3 aromatic rings. The van der Waals surface area contributed by atoms with E-state index >= 15 is 0 Å². The molecule has 3 atom stereocenters. The molecule has 1 saturated carbocycles. The maximum Gasteiger partial charge on any atom is 0.387 e. The predicted octanol–water partition coefficient (Wildman–Crippen LogP) is 8.52. The summed E-state index contributed by atoms with van der Waals surface area (Å²) in [6.45, 7) is 4.86. The van der Waals surface area contributed by atoms with Gasteiger partial charge in [0.15, 0.2) is 0 Å². The fraction of sp³-hybridized carbons (Fsp3) is 0.500. The Morgan fingerprint density at radius 2 is 1.93 bits per heavy atom. The second kappa shape index (κ2) is 14.0. The molecule has 0 aliphatic heterocycles. The van der Waals surface area contributed by atoms with E-state index in [1.807, 2.05) is 19.1 Å². The highest BCUT2D eigenvalue weighted by Crippen LogP contribution is 2.41. The van der Waals surface area contributed by atoms with Crippen molar-refractivity contribution in [1.29, 1.82) is 0 Å². The average Bonchev–Trinajstić information content (AvgIpc) is 3.39. The number of benzene rings is 1. The highest BCUT2D eigenvalue weighted by Gasteiger charge is 2.26. The van der Waals surface area contributed by atoms with Crippen LogP contribution in [0.25, 0.3) is 16.6 Å². The Labute approximate surface area is 250 Å². The number of hydrogen-bond acceptors (Lipinski definition) is 5. The molecule has 1 aromatic carbocycles. The van der Waals surface area contributed by atoms with Crippen LogP contribution < -0.4 is 4.74 Å². The van der Waals surface area contributed by atoms with Gasteiger partial charge < -0.3 is 19.6 Å². The minimum atomic E-state index is -3.08. The molecular formula is C32H39ClF3N3O3. The standard InChI is InChI=1S/C32H39ClF3N3O3/c1-6-23(31(41-5)39-19(4)17(2)13-20-7-9-22(40)10-8-20)21-14-24-25(16-38-30(24)37-15-21)18(3)28-27(42-32(35)36)12-11-26(34)29(28)33/h6,11-12,14-20,22,32,40H,7-10,13H2,1-5H3,(H,37,38). The lowest BCUT2D eigenvalue weighted by molar-refractivity contribution is -0.0505. The molecule has 4 rings (SSSR count). The second-order valence-electron chi connectivity index (χ2n) is 11.2. The van der Waals surface area contributed by atoms with Crippen LogP contribution in [0.2, 0.25) is 5.02 Å². The van der Waals surface area contributed by atoms with Crippen molar-refractivity contribution >= 4 is 34.1 Å². The number of aliphatic imine (C=N–C) groups is 1. The van der Waals surface area contributed by atoms with Gasteiger partial charge in [-0.15, -0.1) is 0 Å². The maximum absolute atomic E-state index is 14.4. The normalized spacial score (nSPS) is 20.5. The van der Waals surface area contributed by atoms with E-state index in [0.717, 1.165) is 60.8 Å². The molecule has 0 radical (unpaired) electrons. The first kappa shape index (κ1) is 31.9. The topological polar surface area (TPSA) is 79.7 Å². The van der Waals surface area contributed by atoms with Gasteiger partial charge in [0.05, 0.1) is 24.3 Å². The monoisotopic (exact) mass is 605 g/mol. The third-order valence-electron chi connectivity index (χ3n) is 8.46. The summed E-state index contributed by atoms with van der Waals surface area (Å²) in [4.78, 5) is 12.7. The van der Waals surface area contributed by atoms with Crippen LogP contribution in [0.3, 0.4) is 0 Å². The Bertz CT molecular complexity index is 1430. The molecule has 2 heterocycles. The lowest BCUT2D eigenvalue weighted by Crippen LogP contribution is -2.23. The molecule has 6 nitrogen and oxygen atoms in total. The summed E-state index contributed by atoms with van der Waals surface area (Å²) < 4.78 is 51.2. The van der Waals surface area contributed by atoms with Crippen molar-refractivity contribution in [3.63, 3.8) is 0 Å². The highest BCUT2D eigenvalue weighted by molar-refractivity contribution is 6.31. The van der Waals surface area contributed by atoms with Gasteiger partial charge in [-0.05, 0) is 81.5 Å². The number of aliphatic hydroxyl groups is 1. The van der Waals surface area contributed by atoms with Crippen molar-refractivity contribution in [3.05, 3.63) is 64.2 Å². The number of methoxy groups -OCH3 is 1. The van der Waals surface area contributed by atoms with Crippen LogP contribution in [-0.2, 0) is 4.74 Å². The van der Waals surface area contributed by atoms with Crippen molar-refractivity contribution < 1.29 is 27.8 Å². The fourth-order valence-corrected chi connectivity index (χ4v) is 6.22. The molecule has 0 bridgehead atoms. The summed E-state index contributed by atoms with van der Waals surface area (Å²) >= 11 is 6.27. The van der Waals surface area contributed by atoms with Gasteiger partial charge in [0, 0.05) is 40.4 Å². The number of aliphatic hydroxyl groups excluding tert-OH is 1. The van der Waals surface area contributed by atoms with Crippen LogP contribution in [0.15, 0.2) is 41.7 Å². The van der Waals surface area contributed by atoms with Crippen LogP contribution in [0.1, 0.15) is 82.4 Å². The van der Waals surface area contributed by atoms with E-state index in [0.29, 0.717) is 28.9 Å². The van der Waals surface area contributed by atoms with Gasteiger partial charge in [-0.1, -0.05) is 31.5 Å². The smallest absolute Gasteiger partial charge is 0.387 e. The molecule has 1 aliphatic rings. The molecule has 0 saturated heterocycles. The van der Waals surface area contributed by atoms with Crippen LogP contribution in [0.4, 0.5) is 13.2 Å². The summed E-state index contributed by atoms with van der Waals surface area (Å²) in [5.74, 6) is -0.0979. The zero-order valence-electron chi connectivity index (χ0n) is 24.6. The molecule has 42 heavy (non-hydrogen) atoms. The van der Waals surface area contributed by atoms with Gasteiger partial charge >= 0.3 is 6.61 Å². The first-order chi connectivity index (χ1) is 20.0. The minimum absolute atomic E-state index is 0.00431. The molecule has 0 spiro atoms. The summed E-state index contributed by atoms with van der Waals surface area (Å²) in [6.07, 6.45) is 10.0. The summed E-state index contributed by atoms with van der Waals surface area (Å²) in [5, 5.41) is 10.3. The van der Waals surface area contributed by atoms with E-state index in [9.17, 15) is 18.3 Å². The third-order valence-corrected chi connectivity index (χ3v) is 8.84. The number of ether oxygens (including phenoxy) is 2. The zero-order chi connectivity index (χ0) is 30.6. The Hall–Kier alpha value is -3.04. The van der Waals surface area contributed by atoms with Crippen LogP contribution in [0.5, 0.6) is 5.75 Å². The number of nitrogens with zero attached hydrogens (tertiary/aromatic N) is 2. The number of allylic oxidation sites excluding steroid dienone is 1. The summed E-state index contributed by atoms with van der Waals surface area (Å²) in [5.41, 5.74) is 2.92. The van der Waals surface area contributed by atoms with Gasteiger partial charge in [0.2, 0.25) is 5.90 Å². The van der Waals surface area contributed by atoms with E-state index in [1.54, 1.807) is 26.4 Å². The Morgan fingerprint density at radius 3 is 2.57 bits per heavy atom. The fourth-order valence-electron chi connectivity index (χ4n) is 5.90. The summed E-state index contributed by atoms with van der Waals surface area (Å²) in [6, 6.07) is 4.11. The lowest BCUT2D eigenvalue weighted by Gasteiger charge is -2.29. The number of H-pyrrole nitrogens is 1. The van der Waals surface area contributed by atoms with Crippen LogP contribution in [0, 0.1) is 17.7 Å². The Balaban J connectivity index is 1.64. The van der Waals surface area contributed by atoms with Crippen molar-refractivity contribution in [1.82, 2.24) is 9.97 Å². The molecular weight excluding hydrogens is 567 g/mol.